The Morgan fingerprint density at radius 2 is 0.712 bits per heavy atom. The fourth-order valence-corrected chi connectivity index (χ4v) is 4.40. The van der Waals surface area contributed by atoms with Gasteiger partial charge in [-0.1, -0.05) is 136 Å². The smallest absolute Gasteiger partial charge is 0.220 e. The molecule has 4 nitrogen and oxygen atoms in total. The Labute approximate surface area is 365 Å². The van der Waals surface area contributed by atoms with Crippen LogP contribution in [0.5, 0.6) is 0 Å². The van der Waals surface area contributed by atoms with Crippen molar-refractivity contribution in [1.29, 1.82) is 0 Å². The van der Waals surface area contributed by atoms with Crippen LogP contribution in [0, 0.1) is 139 Å². The highest BCUT2D eigenvalue weighted by Gasteiger charge is 2.20. The number of hydrogen-bond donors (Lipinski definition) is 1. The maximum absolute atomic E-state index is 11.6. The van der Waals surface area contributed by atoms with E-state index in [9.17, 15) is 9.59 Å². The Hall–Kier alpha value is -4.86. The minimum atomic E-state index is -0.0258. The highest BCUT2D eigenvalue weighted by molar-refractivity contribution is 5.85. The first kappa shape index (κ1) is 60.8. The van der Waals surface area contributed by atoms with Gasteiger partial charge in [0.1, 0.15) is 5.78 Å². The number of nitrogens with one attached hydrogen (secondary N) is 1. The molecule has 0 fully saturated rings. The summed E-state index contributed by atoms with van der Waals surface area (Å²) in [6, 6.07) is 0. The Balaban J connectivity index is -0.000000354. The topological polar surface area (TPSA) is 55.4 Å². The zero-order chi connectivity index (χ0) is 46.7. The molecule has 0 saturated heterocycles. The standard InChI is InChI=1S/C20H6.C14H27NO2.C12H26O.C9H20/c1-3-5-7-9-11-13-15-17-19-20-18-16-14-12-10-8-6-4-2;1-13(2,3)9-11(16)7-8-12(17)15-10-14(4,5)6;1-11(2,3)7-9-13-10-8-12(4,5)6;1-8(2,3)7-9(4,5)6/h1-2H3;7-10H2,1-6H3,(H,15,17);7-10H2,1-6H3;7H2,1-6H3. The summed E-state index contributed by atoms with van der Waals surface area (Å²) in [5, 5.41) is 2.85. The van der Waals surface area contributed by atoms with Crippen molar-refractivity contribution in [2.45, 2.75) is 177 Å². The molecule has 0 rings (SSSR count). The maximum Gasteiger partial charge on any atom is 0.220 e. The quantitative estimate of drug-likeness (QED) is 0.187. The van der Waals surface area contributed by atoms with E-state index in [4.69, 9.17) is 4.74 Å². The molecular formula is C55H79NO3. The fourth-order valence-electron chi connectivity index (χ4n) is 4.40. The average molecular weight is 802 g/mol. The van der Waals surface area contributed by atoms with E-state index in [1.54, 1.807) is 13.8 Å². The molecule has 0 bridgehead atoms. The maximum atomic E-state index is 11.6. The molecule has 0 aromatic carbocycles. The molecule has 0 aliphatic carbocycles. The van der Waals surface area contributed by atoms with Crippen LogP contribution < -0.4 is 5.32 Å². The second-order valence-electron chi connectivity index (χ2n) is 21.1. The predicted octanol–water partition coefficient (Wildman–Crippen LogP) is 11.3. The molecule has 4 heteroatoms. The van der Waals surface area contributed by atoms with Crippen LogP contribution in [0.3, 0.4) is 0 Å². The molecule has 0 aliphatic heterocycles. The van der Waals surface area contributed by atoms with Gasteiger partial charge in [-0.3, -0.25) is 9.59 Å². The van der Waals surface area contributed by atoms with Crippen LogP contribution in [0.2, 0.25) is 0 Å². The van der Waals surface area contributed by atoms with Crippen LogP contribution in [-0.2, 0) is 14.3 Å². The number of rotatable bonds is 9. The van der Waals surface area contributed by atoms with Gasteiger partial charge >= 0.3 is 0 Å². The van der Waals surface area contributed by atoms with Crippen LogP contribution in [-0.4, -0.2) is 31.4 Å². The number of ketones is 1. The predicted molar refractivity (Wildman–Crippen MR) is 255 cm³/mol. The fraction of sp³-hybridized carbons (Fsp3) is 0.636. The SMILES string of the molecule is CC#CC#CC#CC#CC#CC#CC#CC#CC#CC.CC(C)(C)CC(C)(C)C.CC(C)(C)CCOCCC(C)(C)C.CC(C)(C)CNC(=O)CCC(=O)CC(C)(C)C. The number of hydrogen-bond acceptors (Lipinski definition) is 3. The first-order chi connectivity index (χ1) is 26.8. The van der Waals surface area contributed by atoms with Gasteiger partial charge in [-0.05, 0) is 160 Å². The summed E-state index contributed by atoms with van der Waals surface area (Å²) in [6.45, 7) is 45.4. The number of ether oxygens (including phenoxy) is 1. The Bertz CT molecular complexity index is 1720. The molecule has 0 atom stereocenters. The van der Waals surface area contributed by atoms with Crippen molar-refractivity contribution in [2.24, 2.45) is 32.5 Å². The van der Waals surface area contributed by atoms with Gasteiger partial charge in [0, 0.05) is 39.0 Å². The van der Waals surface area contributed by atoms with Crippen LogP contribution in [0.15, 0.2) is 0 Å². The molecule has 0 aliphatic rings. The lowest BCUT2D eigenvalue weighted by Crippen LogP contribution is -2.32. The molecule has 59 heavy (non-hydrogen) atoms. The molecule has 0 radical (unpaired) electrons. The molecule has 0 unspecified atom stereocenters. The van der Waals surface area contributed by atoms with Crippen molar-refractivity contribution in [3.05, 3.63) is 0 Å². The van der Waals surface area contributed by atoms with Crippen molar-refractivity contribution in [3.8, 4) is 107 Å². The van der Waals surface area contributed by atoms with E-state index >= 15 is 0 Å². The number of Topliss-reactive ketones (excluding diaryl/α,β-unsaturated/α-hetero) is 1. The van der Waals surface area contributed by atoms with Crippen molar-refractivity contribution in [2.75, 3.05) is 19.8 Å². The lowest BCUT2D eigenvalue weighted by atomic mass is 9.78. The van der Waals surface area contributed by atoms with E-state index in [1.165, 1.54) is 6.42 Å². The van der Waals surface area contributed by atoms with Crippen LogP contribution >= 0.6 is 0 Å². The zero-order valence-electron chi connectivity index (χ0n) is 41.1. The van der Waals surface area contributed by atoms with Crippen molar-refractivity contribution in [3.63, 3.8) is 0 Å². The summed E-state index contributed by atoms with van der Waals surface area (Å²) in [5.41, 5.74) is 1.88. The van der Waals surface area contributed by atoms with Gasteiger partial charge in [0.05, 0.1) is 0 Å². The molecule has 1 amide bonds. The van der Waals surface area contributed by atoms with Crippen LogP contribution in [0.1, 0.15) is 177 Å². The third-order valence-corrected chi connectivity index (χ3v) is 6.42. The third-order valence-electron chi connectivity index (χ3n) is 6.42. The molecule has 0 saturated carbocycles. The summed E-state index contributed by atoms with van der Waals surface area (Å²) >= 11 is 0. The average Bonchev–Trinajstić information content (AvgIpc) is 3.03. The molecule has 0 heterocycles. The minimum absolute atomic E-state index is 0.0129. The van der Waals surface area contributed by atoms with E-state index in [2.05, 4.69) is 216 Å². The lowest BCUT2D eigenvalue weighted by Gasteiger charge is -2.28. The Morgan fingerprint density at radius 3 is 0.932 bits per heavy atom. The van der Waals surface area contributed by atoms with E-state index in [-0.39, 0.29) is 22.5 Å². The highest BCUT2D eigenvalue weighted by atomic mass is 16.5. The molecular weight excluding hydrogens is 723 g/mol. The van der Waals surface area contributed by atoms with Gasteiger partial charge < -0.3 is 10.1 Å². The van der Waals surface area contributed by atoms with Crippen molar-refractivity contribution < 1.29 is 14.3 Å². The van der Waals surface area contributed by atoms with Gasteiger partial charge in [-0.15, -0.1) is 0 Å². The van der Waals surface area contributed by atoms with Gasteiger partial charge in [-0.2, -0.15) is 0 Å². The molecule has 1 N–H and O–H groups in total. The summed E-state index contributed by atoms with van der Waals surface area (Å²) in [7, 11) is 0. The number of amides is 1. The molecule has 322 valence electrons. The normalized spacial score (nSPS) is 9.97. The number of carbonyl (C=O) groups excluding carboxylic acids is 2. The summed E-state index contributed by atoms with van der Waals surface area (Å²) in [4.78, 5) is 23.1. The second kappa shape index (κ2) is 33.0. The summed E-state index contributed by atoms with van der Waals surface area (Å²) in [6.07, 6.45) is 4.80. The lowest BCUT2D eigenvalue weighted by molar-refractivity contribution is -0.126. The summed E-state index contributed by atoms with van der Waals surface area (Å²) < 4.78 is 5.59. The van der Waals surface area contributed by atoms with E-state index in [0.717, 1.165) is 26.1 Å². The second-order valence-corrected chi connectivity index (χ2v) is 21.1. The van der Waals surface area contributed by atoms with Crippen LogP contribution in [0.4, 0.5) is 0 Å². The zero-order valence-corrected chi connectivity index (χ0v) is 41.1. The molecule has 0 spiro atoms. The van der Waals surface area contributed by atoms with E-state index in [0.29, 0.717) is 47.5 Å². The van der Waals surface area contributed by atoms with Crippen molar-refractivity contribution >= 4 is 11.7 Å². The summed E-state index contributed by atoms with van der Waals surface area (Å²) in [5.74, 6) is 45.7. The molecule has 0 aromatic heterocycles. The van der Waals surface area contributed by atoms with E-state index < -0.39 is 0 Å². The first-order valence-corrected chi connectivity index (χ1v) is 20.5. The first-order valence-electron chi connectivity index (χ1n) is 20.5. The van der Waals surface area contributed by atoms with Crippen LogP contribution in [0.25, 0.3) is 0 Å². The monoisotopic (exact) mass is 802 g/mol. The largest absolute Gasteiger partial charge is 0.381 e. The number of carbonyl (C=O) groups is 2. The Morgan fingerprint density at radius 1 is 0.407 bits per heavy atom. The van der Waals surface area contributed by atoms with Gasteiger partial charge in [0.2, 0.25) is 5.91 Å². The minimum Gasteiger partial charge on any atom is -0.381 e. The van der Waals surface area contributed by atoms with Gasteiger partial charge in [-0.25, -0.2) is 0 Å². The highest BCUT2D eigenvalue weighted by Crippen LogP contribution is 2.32. The van der Waals surface area contributed by atoms with Gasteiger partial charge in [0.15, 0.2) is 0 Å². The Kier molecular flexibility index (Phi) is 34.0. The van der Waals surface area contributed by atoms with Gasteiger partial charge in [0.25, 0.3) is 0 Å². The third kappa shape index (κ3) is 71.3. The van der Waals surface area contributed by atoms with E-state index in [1.807, 2.05) is 20.8 Å². The molecule has 0 aromatic rings. The van der Waals surface area contributed by atoms with Crippen molar-refractivity contribution in [1.82, 2.24) is 5.32 Å².